The fourth-order valence-electron chi connectivity index (χ4n) is 2.37. The highest BCUT2D eigenvalue weighted by atomic mass is 35.5. The van der Waals surface area contributed by atoms with Crippen LogP contribution in [0.2, 0.25) is 5.02 Å². The normalized spacial score (nSPS) is 13.8. The number of hydrogen-bond acceptors (Lipinski definition) is 2. The van der Waals surface area contributed by atoms with Crippen molar-refractivity contribution >= 4 is 11.6 Å². The third-order valence-corrected chi connectivity index (χ3v) is 3.84. The molecule has 0 spiro atoms. The van der Waals surface area contributed by atoms with Crippen LogP contribution in [0.25, 0.3) is 0 Å². The lowest BCUT2D eigenvalue weighted by atomic mass is 10.0. The zero-order chi connectivity index (χ0) is 15.4. The number of rotatable bonds is 5. The van der Waals surface area contributed by atoms with Gasteiger partial charge in [-0.1, -0.05) is 35.9 Å². The molecule has 0 aliphatic heterocycles. The summed E-state index contributed by atoms with van der Waals surface area (Å²) in [7, 11) is 1.66. The molecule has 0 aliphatic carbocycles. The maximum Gasteiger partial charge on any atom is 0.141 e. The van der Waals surface area contributed by atoms with Gasteiger partial charge >= 0.3 is 0 Å². The van der Waals surface area contributed by atoms with Crippen LogP contribution in [0.15, 0.2) is 42.5 Å². The van der Waals surface area contributed by atoms with Crippen LogP contribution in [0.1, 0.15) is 37.1 Å². The van der Waals surface area contributed by atoms with E-state index in [1.165, 1.54) is 6.07 Å². The Bertz CT molecular complexity index is 617. The molecular weight excluding hydrogens is 289 g/mol. The van der Waals surface area contributed by atoms with Crippen LogP contribution in [0.5, 0.6) is 5.75 Å². The second-order valence-electron chi connectivity index (χ2n) is 5.03. The molecule has 0 amide bonds. The summed E-state index contributed by atoms with van der Waals surface area (Å²) in [5.74, 6) is 0.451. The number of para-hydroxylation sites is 1. The molecule has 0 heterocycles. The Labute approximate surface area is 129 Å². The van der Waals surface area contributed by atoms with E-state index >= 15 is 0 Å². The van der Waals surface area contributed by atoms with Crippen molar-refractivity contribution in [2.75, 3.05) is 7.11 Å². The Kier molecular flexibility index (Phi) is 5.21. The van der Waals surface area contributed by atoms with Gasteiger partial charge in [0.05, 0.1) is 12.1 Å². The van der Waals surface area contributed by atoms with E-state index < -0.39 is 5.82 Å². The summed E-state index contributed by atoms with van der Waals surface area (Å²) in [6.07, 6.45) is 0. The van der Waals surface area contributed by atoms with Crippen molar-refractivity contribution in [3.05, 3.63) is 64.4 Å². The van der Waals surface area contributed by atoms with Crippen LogP contribution < -0.4 is 10.1 Å². The van der Waals surface area contributed by atoms with Gasteiger partial charge in [0.1, 0.15) is 11.6 Å². The van der Waals surface area contributed by atoms with Crippen molar-refractivity contribution in [2.45, 2.75) is 25.9 Å². The first-order valence-corrected chi connectivity index (χ1v) is 7.24. The first kappa shape index (κ1) is 15.8. The second-order valence-corrected chi connectivity index (χ2v) is 5.43. The average molecular weight is 308 g/mol. The Hall–Kier alpha value is -1.58. The summed E-state index contributed by atoms with van der Waals surface area (Å²) >= 11 is 5.84. The summed E-state index contributed by atoms with van der Waals surface area (Å²) in [6.45, 7) is 4.09. The largest absolute Gasteiger partial charge is 0.496 e. The van der Waals surface area contributed by atoms with Crippen LogP contribution in [-0.4, -0.2) is 7.11 Å². The molecule has 2 nitrogen and oxygen atoms in total. The minimum atomic E-state index is -0.398. The van der Waals surface area contributed by atoms with Gasteiger partial charge in [-0.3, -0.25) is 0 Å². The standard InChI is InChI=1S/C17H19ClFNO/c1-11(13-8-9-16(19)15(18)10-13)20-12(2)14-6-4-5-7-17(14)21-3/h4-12,20H,1-3H3/t11?,12-/m0/s1. The maximum atomic E-state index is 13.2. The third kappa shape index (κ3) is 3.74. The Morgan fingerprint density at radius 1 is 1.10 bits per heavy atom. The zero-order valence-electron chi connectivity index (χ0n) is 12.4. The van der Waals surface area contributed by atoms with Gasteiger partial charge in [-0.25, -0.2) is 4.39 Å². The molecule has 0 fully saturated rings. The summed E-state index contributed by atoms with van der Waals surface area (Å²) in [6, 6.07) is 12.8. The van der Waals surface area contributed by atoms with Crippen molar-refractivity contribution in [1.82, 2.24) is 5.32 Å². The highest BCUT2D eigenvalue weighted by Crippen LogP contribution is 2.27. The van der Waals surface area contributed by atoms with Gasteiger partial charge in [-0.15, -0.1) is 0 Å². The zero-order valence-corrected chi connectivity index (χ0v) is 13.1. The summed E-state index contributed by atoms with van der Waals surface area (Å²) in [4.78, 5) is 0. The van der Waals surface area contributed by atoms with Crippen LogP contribution in [0.3, 0.4) is 0 Å². The molecule has 0 saturated heterocycles. The van der Waals surface area contributed by atoms with E-state index in [0.717, 1.165) is 16.9 Å². The molecule has 2 rings (SSSR count). The van der Waals surface area contributed by atoms with Crippen molar-refractivity contribution in [1.29, 1.82) is 0 Å². The number of halogens is 2. The molecule has 0 radical (unpaired) electrons. The van der Waals surface area contributed by atoms with Crippen LogP contribution in [0.4, 0.5) is 4.39 Å². The number of methoxy groups -OCH3 is 1. The quantitative estimate of drug-likeness (QED) is 0.848. The second kappa shape index (κ2) is 6.92. The number of benzene rings is 2. The van der Waals surface area contributed by atoms with E-state index in [2.05, 4.69) is 12.2 Å². The number of hydrogen-bond donors (Lipinski definition) is 1. The molecule has 2 aromatic rings. The lowest BCUT2D eigenvalue weighted by Crippen LogP contribution is -2.23. The molecule has 0 bridgehead atoms. The molecule has 1 N–H and O–H groups in total. The van der Waals surface area contributed by atoms with Gasteiger partial charge in [-0.2, -0.15) is 0 Å². The smallest absolute Gasteiger partial charge is 0.141 e. The lowest BCUT2D eigenvalue weighted by molar-refractivity contribution is 0.396. The molecule has 21 heavy (non-hydrogen) atoms. The minimum Gasteiger partial charge on any atom is -0.496 e. The SMILES string of the molecule is COc1ccccc1[C@H](C)NC(C)c1ccc(F)c(Cl)c1. The monoisotopic (exact) mass is 307 g/mol. The molecule has 2 atom stereocenters. The summed E-state index contributed by atoms with van der Waals surface area (Å²) in [5.41, 5.74) is 2.03. The highest BCUT2D eigenvalue weighted by Gasteiger charge is 2.15. The van der Waals surface area contributed by atoms with Gasteiger partial charge in [0.15, 0.2) is 0 Å². The average Bonchev–Trinajstić information content (AvgIpc) is 2.49. The van der Waals surface area contributed by atoms with Gasteiger partial charge in [0.25, 0.3) is 0 Å². The molecule has 0 aromatic heterocycles. The van der Waals surface area contributed by atoms with Crippen LogP contribution in [0, 0.1) is 5.82 Å². The molecular formula is C17H19ClFNO. The minimum absolute atomic E-state index is 0.0445. The van der Waals surface area contributed by atoms with Crippen molar-refractivity contribution in [3.8, 4) is 5.75 Å². The fourth-order valence-corrected chi connectivity index (χ4v) is 2.56. The fraction of sp³-hybridized carbons (Fsp3) is 0.294. The Balaban J connectivity index is 2.14. The van der Waals surface area contributed by atoms with Gasteiger partial charge < -0.3 is 10.1 Å². The highest BCUT2D eigenvalue weighted by molar-refractivity contribution is 6.30. The first-order valence-electron chi connectivity index (χ1n) is 6.87. The van der Waals surface area contributed by atoms with Gasteiger partial charge in [0.2, 0.25) is 0 Å². The van der Waals surface area contributed by atoms with E-state index in [1.54, 1.807) is 19.2 Å². The van der Waals surface area contributed by atoms with E-state index in [4.69, 9.17) is 16.3 Å². The van der Waals surface area contributed by atoms with Gasteiger partial charge in [0, 0.05) is 17.6 Å². The van der Waals surface area contributed by atoms with E-state index in [0.29, 0.717) is 0 Å². The molecule has 4 heteroatoms. The van der Waals surface area contributed by atoms with E-state index in [1.807, 2.05) is 31.2 Å². The number of nitrogens with one attached hydrogen (secondary N) is 1. The van der Waals surface area contributed by atoms with Gasteiger partial charge in [-0.05, 0) is 37.6 Å². The van der Waals surface area contributed by atoms with E-state index in [-0.39, 0.29) is 17.1 Å². The maximum absolute atomic E-state index is 13.2. The number of ether oxygens (including phenoxy) is 1. The Morgan fingerprint density at radius 2 is 1.81 bits per heavy atom. The Morgan fingerprint density at radius 3 is 2.48 bits per heavy atom. The summed E-state index contributed by atoms with van der Waals surface area (Å²) < 4.78 is 18.6. The molecule has 1 unspecified atom stereocenters. The third-order valence-electron chi connectivity index (χ3n) is 3.55. The molecule has 2 aromatic carbocycles. The topological polar surface area (TPSA) is 21.3 Å². The first-order chi connectivity index (χ1) is 10.0. The van der Waals surface area contributed by atoms with Crippen LogP contribution in [-0.2, 0) is 0 Å². The lowest BCUT2D eigenvalue weighted by Gasteiger charge is -2.22. The molecule has 0 saturated carbocycles. The molecule has 112 valence electrons. The van der Waals surface area contributed by atoms with Crippen LogP contribution >= 0.6 is 11.6 Å². The predicted molar refractivity (Wildman–Crippen MR) is 84.4 cm³/mol. The predicted octanol–water partition coefficient (Wildman–Crippen LogP) is 4.90. The summed E-state index contributed by atoms with van der Waals surface area (Å²) in [5, 5.41) is 3.62. The van der Waals surface area contributed by atoms with Crippen molar-refractivity contribution in [2.24, 2.45) is 0 Å². The van der Waals surface area contributed by atoms with Crippen molar-refractivity contribution in [3.63, 3.8) is 0 Å². The van der Waals surface area contributed by atoms with E-state index in [9.17, 15) is 4.39 Å². The molecule has 0 aliphatic rings. The van der Waals surface area contributed by atoms with Crippen molar-refractivity contribution < 1.29 is 9.13 Å².